The molecule has 0 radical (unpaired) electrons. The molecular formula is C23H30. The lowest BCUT2D eigenvalue weighted by Crippen LogP contribution is -2.10. The number of hydrogen-bond acceptors (Lipinski definition) is 0. The molecule has 0 atom stereocenters. The molecule has 0 unspecified atom stereocenters. The molecule has 0 spiro atoms. The standard InChI is InChI=1S/C23H30/c1-17-13-14-20(16-22(17)18-9-6-5-7-10-18)19-11-8-12-21(15-19)23(2,3)4/h8,11-16,18H,5-7,9-10H2,1-4H3. The van der Waals surface area contributed by atoms with Gasteiger partial charge in [-0.1, -0.05) is 82.5 Å². The Hall–Kier alpha value is -1.56. The van der Waals surface area contributed by atoms with Gasteiger partial charge in [0.2, 0.25) is 0 Å². The van der Waals surface area contributed by atoms with Crippen molar-refractivity contribution in [2.75, 3.05) is 0 Å². The van der Waals surface area contributed by atoms with Crippen LogP contribution in [0.15, 0.2) is 42.5 Å². The first-order valence-corrected chi connectivity index (χ1v) is 9.16. The van der Waals surface area contributed by atoms with Crippen molar-refractivity contribution in [1.82, 2.24) is 0 Å². The average Bonchev–Trinajstić information content (AvgIpc) is 2.55. The van der Waals surface area contributed by atoms with Crippen LogP contribution >= 0.6 is 0 Å². The van der Waals surface area contributed by atoms with Crippen molar-refractivity contribution in [2.24, 2.45) is 0 Å². The summed E-state index contributed by atoms with van der Waals surface area (Å²) in [4.78, 5) is 0. The van der Waals surface area contributed by atoms with Crippen molar-refractivity contribution >= 4 is 0 Å². The molecule has 2 aromatic carbocycles. The Morgan fingerprint density at radius 3 is 2.22 bits per heavy atom. The monoisotopic (exact) mass is 306 g/mol. The van der Waals surface area contributed by atoms with Gasteiger partial charge in [-0.05, 0) is 58.9 Å². The highest BCUT2D eigenvalue weighted by molar-refractivity contribution is 5.66. The van der Waals surface area contributed by atoms with E-state index >= 15 is 0 Å². The third-order valence-corrected chi connectivity index (χ3v) is 5.39. The van der Waals surface area contributed by atoms with Crippen LogP contribution in [0.3, 0.4) is 0 Å². The fraction of sp³-hybridized carbons (Fsp3) is 0.478. The molecule has 23 heavy (non-hydrogen) atoms. The summed E-state index contributed by atoms with van der Waals surface area (Å²) in [6, 6.07) is 16.2. The van der Waals surface area contributed by atoms with E-state index in [9.17, 15) is 0 Å². The van der Waals surface area contributed by atoms with Gasteiger partial charge in [0, 0.05) is 0 Å². The number of hydrogen-bond donors (Lipinski definition) is 0. The van der Waals surface area contributed by atoms with Crippen LogP contribution in [0.5, 0.6) is 0 Å². The van der Waals surface area contributed by atoms with Crippen LogP contribution in [0.2, 0.25) is 0 Å². The summed E-state index contributed by atoms with van der Waals surface area (Å²) < 4.78 is 0. The van der Waals surface area contributed by atoms with Gasteiger partial charge in [0.15, 0.2) is 0 Å². The quantitative estimate of drug-likeness (QED) is 0.560. The molecular weight excluding hydrogens is 276 g/mol. The fourth-order valence-electron chi connectivity index (χ4n) is 3.84. The predicted octanol–water partition coefficient (Wildman–Crippen LogP) is 7.01. The largest absolute Gasteiger partial charge is 0.0614 e. The molecule has 122 valence electrons. The van der Waals surface area contributed by atoms with Gasteiger partial charge in [-0.25, -0.2) is 0 Å². The highest BCUT2D eigenvalue weighted by Crippen LogP contribution is 2.36. The normalized spacial score (nSPS) is 16.5. The summed E-state index contributed by atoms with van der Waals surface area (Å²) in [6.07, 6.45) is 6.95. The van der Waals surface area contributed by atoms with E-state index in [2.05, 4.69) is 70.2 Å². The van der Waals surface area contributed by atoms with E-state index < -0.39 is 0 Å². The van der Waals surface area contributed by atoms with Gasteiger partial charge in [0.1, 0.15) is 0 Å². The van der Waals surface area contributed by atoms with E-state index in [4.69, 9.17) is 0 Å². The Morgan fingerprint density at radius 2 is 1.52 bits per heavy atom. The van der Waals surface area contributed by atoms with Gasteiger partial charge in [-0.2, -0.15) is 0 Å². The second kappa shape index (κ2) is 6.51. The van der Waals surface area contributed by atoms with Gasteiger partial charge >= 0.3 is 0 Å². The minimum Gasteiger partial charge on any atom is -0.0614 e. The molecule has 0 nitrogen and oxygen atoms in total. The third-order valence-electron chi connectivity index (χ3n) is 5.39. The van der Waals surface area contributed by atoms with Crippen molar-refractivity contribution in [1.29, 1.82) is 0 Å². The van der Waals surface area contributed by atoms with E-state index in [1.165, 1.54) is 54.4 Å². The SMILES string of the molecule is Cc1ccc(-c2cccc(C(C)(C)C)c2)cc1C1CCCCC1. The number of benzene rings is 2. The highest BCUT2D eigenvalue weighted by Gasteiger charge is 2.18. The maximum absolute atomic E-state index is 2.47. The zero-order chi connectivity index (χ0) is 16.4. The average molecular weight is 306 g/mol. The zero-order valence-corrected chi connectivity index (χ0v) is 15.2. The van der Waals surface area contributed by atoms with Crippen LogP contribution in [0.25, 0.3) is 11.1 Å². The molecule has 0 saturated heterocycles. The van der Waals surface area contributed by atoms with Crippen LogP contribution in [0.4, 0.5) is 0 Å². The van der Waals surface area contributed by atoms with E-state index in [-0.39, 0.29) is 5.41 Å². The minimum atomic E-state index is 0.201. The third kappa shape index (κ3) is 3.68. The molecule has 1 aliphatic carbocycles. The topological polar surface area (TPSA) is 0 Å². The first-order chi connectivity index (χ1) is 10.9. The molecule has 0 heterocycles. The molecule has 1 saturated carbocycles. The molecule has 0 bridgehead atoms. The van der Waals surface area contributed by atoms with Crippen molar-refractivity contribution < 1.29 is 0 Å². The van der Waals surface area contributed by atoms with Crippen molar-refractivity contribution in [2.45, 2.75) is 71.1 Å². The van der Waals surface area contributed by atoms with Gasteiger partial charge in [-0.15, -0.1) is 0 Å². The number of rotatable bonds is 2. The van der Waals surface area contributed by atoms with Crippen LogP contribution in [-0.2, 0) is 5.41 Å². The number of aryl methyl sites for hydroxylation is 1. The Kier molecular flexibility index (Phi) is 4.62. The van der Waals surface area contributed by atoms with Gasteiger partial charge in [-0.3, -0.25) is 0 Å². The molecule has 2 aromatic rings. The molecule has 0 aromatic heterocycles. The molecule has 0 N–H and O–H groups in total. The van der Waals surface area contributed by atoms with E-state index in [0.717, 1.165) is 5.92 Å². The fourth-order valence-corrected chi connectivity index (χ4v) is 3.84. The van der Waals surface area contributed by atoms with Crippen LogP contribution < -0.4 is 0 Å². The van der Waals surface area contributed by atoms with Gasteiger partial charge < -0.3 is 0 Å². The Labute approximate surface area is 141 Å². The summed E-state index contributed by atoms with van der Waals surface area (Å²) in [5.41, 5.74) is 7.40. The lowest BCUT2D eigenvalue weighted by Gasteiger charge is -2.24. The Morgan fingerprint density at radius 1 is 0.826 bits per heavy atom. The van der Waals surface area contributed by atoms with Crippen molar-refractivity contribution in [3.8, 4) is 11.1 Å². The van der Waals surface area contributed by atoms with Crippen molar-refractivity contribution in [3.05, 3.63) is 59.2 Å². The second-order valence-corrected chi connectivity index (χ2v) is 8.24. The zero-order valence-electron chi connectivity index (χ0n) is 15.2. The Balaban J connectivity index is 1.97. The van der Waals surface area contributed by atoms with E-state index in [0.29, 0.717) is 0 Å². The maximum atomic E-state index is 2.47. The van der Waals surface area contributed by atoms with E-state index in [1.54, 1.807) is 5.56 Å². The van der Waals surface area contributed by atoms with Gasteiger partial charge in [0.25, 0.3) is 0 Å². The predicted molar refractivity (Wildman–Crippen MR) is 101 cm³/mol. The van der Waals surface area contributed by atoms with Crippen LogP contribution in [0.1, 0.15) is 75.5 Å². The maximum Gasteiger partial charge on any atom is -0.0132 e. The molecule has 1 fully saturated rings. The summed E-state index contributed by atoms with van der Waals surface area (Å²) in [7, 11) is 0. The van der Waals surface area contributed by atoms with E-state index in [1.807, 2.05) is 0 Å². The molecule has 0 amide bonds. The first kappa shape index (κ1) is 16.3. The smallest absolute Gasteiger partial charge is 0.0132 e. The summed E-state index contributed by atoms with van der Waals surface area (Å²) in [5.74, 6) is 0.773. The molecule has 0 aliphatic heterocycles. The van der Waals surface area contributed by atoms with Crippen LogP contribution in [-0.4, -0.2) is 0 Å². The second-order valence-electron chi connectivity index (χ2n) is 8.24. The minimum absolute atomic E-state index is 0.201. The molecule has 1 aliphatic rings. The van der Waals surface area contributed by atoms with Gasteiger partial charge in [0.05, 0.1) is 0 Å². The molecule has 3 rings (SSSR count). The lowest BCUT2D eigenvalue weighted by molar-refractivity contribution is 0.442. The Bertz CT molecular complexity index is 667. The summed E-state index contributed by atoms with van der Waals surface area (Å²) in [5, 5.41) is 0. The summed E-state index contributed by atoms with van der Waals surface area (Å²) >= 11 is 0. The summed E-state index contributed by atoms with van der Waals surface area (Å²) in [6.45, 7) is 9.14. The van der Waals surface area contributed by atoms with Crippen LogP contribution in [0, 0.1) is 6.92 Å². The lowest BCUT2D eigenvalue weighted by atomic mass is 9.81. The molecule has 0 heteroatoms. The van der Waals surface area contributed by atoms with Crippen molar-refractivity contribution in [3.63, 3.8) is 0 Å². The first-order valence-electron chi connectivity index (χ1n) is 9.16. The highest BCUT2D eigenvalue weighted by atomic mass is 14.2.